The normalized spacial score (nSPS) is 10.6. The van der Waals surface area contributed by atoms with E-state index in [0.717, 1.165) is 0 Å². The Kier molecular flexibility index (Phi) is 8.22. The molecule has 0 bridgehead atoms. The quantitative estimate of drug-likeness (QED) is 0.226. The van der Waals surface area contributed by atoms with Crippen LogP contribution in [0.1, 0.15) is 27.4 Å². The zero-order valence-electron chi connectivity index (χ0n) is 19.7. The van der Waals surface area contributed by atoms with Gasteiger partial charge in [-0.3, -0.25) is 29.1 Å². The Hall–Kier alpha value is -5.00. The minimum atomic E-state index is -0.502. The van der Waals surface area contributed by atoms with Crippen molar-refractivity contribution in [1.82, 2.24) is 41.2 Å². The molecule has 0 saturated carbocycles. The lowest BCUT2D eigenvalue weighted by Crippen LogP contribution is -2.40. The maximum atomic E-state index is 12.2. The third kappa shape index (κ3) is 7.01. The van der Waals surface area contributed by atoms with Crippen molar-refractivity contribution >= 4 is 45.7 Å². The Morgan fingerprint density at radius 2 is 0.973 bits per heavy atom. The molecule has 188 valence electrons. The number of carbonyl (C=O) groups excluding carboxylic acids is 4. The molecular weight excluding hydrogens is 476 g/mol. The van der Waals surface area contributed by atoms with Crippen LogP contribution in [0.4, 0.5) is 0 Å². The van der Waals surface area contributed by atoms with E-state index in [1.165, 1.54) is 12.4 Å². The summed E-state index contributed by atoms with van der Waals surface area (Å²) in [6.45, 7) is 0.153. The highest BCUT2D eigenvalue weighted by Gasteiger charge is 2.12. The molecule has 0 fully saturated rings. The molecule has 12 nitrogen and oxygen atoms in total. The van der Waals surface area contributed by atoms with Gasteiger partial charge in [-0.25, -0.2) is 9.97 Å². The van der Waals surface area contributed by atoms with E-state index in [2.05, 4.69) is 41.2 Å². The van der Waals surface area contributed by atoms with E-state index in [-0.39, 0.29) is 36.3 Å². The van der Waals surface area contributed by atoms with Gasteiger partial charge >= 0.3 is 0 Å². The molecule has 2 heterocycles. The molecule has 0 saturated heterocycles. The minimum absolute atomic E-state index is 0.119. The van der Waals surface area contributed by atoms with Gasteiger partial charge in [-0.1, -0.05) is 24.3 Å². The number of nitrogens with one attached hydrogen (secondary N) is 4. The van der Waals surface area contributed by atoms with Crippen LogP contribution in [0, 0.1) is 0 Å². The zero-order valence-corrected chi connectivity index (χ0v) is 19.7. The second-order valence-corrected chi connectivity index (χ2v) is 7.91. The fourth-order valence-electron chi connectivity index (χ4n) is 3.30. The molecule has 4 aromatic rings. The van der Waals surface area contributed by atoms with Crippen LogP contribution in [0.2, 0.25) is 0 Å². The van der Waals surface area contributed by atoms with Gasteiger partial charge in [0.1, 0.15) is 11.4 Å². The Bertz CT molecular complexity index is 1350. The lowest BCUT2D eigenvalue weighted by molar-refractivity contribution is -0.120. The van der Waals surface area contributed by atoms with E-state index < -0.39 is 11.8 Å². The summed E-state index contributed by atoms with van der Waals surface area (Å²) in [7, 11) is 0. The number of para-hydroxylation sites is 4. The standard InChI is InChI=1S/C25H24N8O4/c34-22(14-30-24(36)20-12-28-16-6-1-3-8-18(16)32-20)26-10-5-11-27-23(35)15-31-25(37)21-13-29-17-7-2-4-9-19(17)33-21/h1-4,6-9,12-13H,5,10-11,14-15H2,(H,26,34)(H,27,35)(H,30,36)(H,31,37). The number of hydrogen-bond donors (Lipinski definition) is 4. The average molecular weight is 501 g/mol. The van der Waals surface area contributed by atoms with Crippen LogP contribution in [0.3, 0.4) is 0 Å². The number of amides is 4. The molecule has 12 heteroatoms. The lowest BCUT2D eigenvalue weighted by Gasteiger charge is -2.09. The molecule has 0 aliphatic carbocycles. The molecule has 37 heavy (non-hydrogen) atoms. The van der Waals surface area contributed by atoms with E-state index in [1.807, 2.05) is 12.1 Å². The molecule has 0 spiro atoms. The monoisotopic (exact) mass is 500 g/mol. The third-order valence-electron chi connectivity index (χ3n) is 5.18. The summed E-state index contributed by atoms with van der Waals surface area (Å²) in [6.07, 6.45) is 3.18. The molecule has 0 radical (unpaired) electrons. The van der Waals surface area contributed by atoms with Gasteiger partial charge in [-0.2, -0.15) is 0 Å². The van der Waals surface area contributed by atoms with Gasteiger partial charge in [0.25, 0.3) is 11.8 Å². The van der Waals surface area contributed by atoms with E-state index in [4.69, 9.17) is 0 Å². The van der Waals surface area contributed by atoms with Gasteiger partial charge in [0.2, 0.25) is 11.8 Å². The number of nitrogens with zero attached hydrogens (tertiary/aromatic N) is 4. The van der Waals surface area contributed by atoms with E-state index in [9.17, 15) is 19.2 Å². The highest BCUT2D eigenvalue weighted by atomic mass is 16.2. The third-order valence-corrected chi connectivity index (χ3v) is 5.18. The van der Waals surface area contributed by atoms with Gasteiger partial charge in [0.15, 0.2) is 0 Å². The van der Waals surface area contributed by atoms with Crippen molar-refractivity contribution in [2.24, 2.45) is 0 Å². The van der Waals surface area contributed by atoms with Gasteiger partial charge in [0.05, 0.1) is 47.6 Å². The van der Waals surface area contributed by atoms with Crippen molar-refractivity contribution in [3.8, 4) is 0 Å². The summed E-state index contributed by atoms with van der Waals surface area (Å²) in [6, 6.07) is 14.3. The Morgan fingerprint density at radius 3 is 1.41 bits per heavy atom. The van der Waals surface area contributed by atoms with Crippen molar-refractivity contribution in [3.05, 3.63) is 72.3 Å². The summed E-state index contributed by atoms with van der Waals surface area (Å²) in [5.41, 5.74) is 2.76. The summed E-state index contributed by atoms with van der Waals surface area (Å²) in [5, 5.41) is 10.3. The molecule has 0 aliphatic heterocycles. The van der Waals surface area contributed by atoms with Crippen LogP contribution in [0.5, 0.6) is 0 Å². The molecule has 2 aromatic carbocycles. The van der Waals surface area contributed by atoms with Crippen molar-refractivity contribution in [1.29, 1.82) is 0 Å². The summed E-state index contributed by atoms with van der Waals surface area (Å²) in [4.78, 5) is 65.2. The largest absolute Gasteiger partial charge is 0.355 e. The molecular formula is C25H24N8O4. The molecule has 4 amide bonds. The van der Waals surface area contributed by atoms with Gasteiger partial charge in [0, 0.05) is 13.1 Å². The summed E-state index contributed by atoms with van der Waals surface area (Å²) >= 11 is 0. The fraction of sp³-hybridized carbons (Fsp3) is 0.200. The van der Waals surface area contributed by atoms with E-state index in [0.29, 0.717) is 41.6 Å². The van der Waals surface area contributed by atoms with Crippen molar-refractivity contribution < 1.29 is 19.2 Å². The predicted molar refractivity (Wildman–Crippen MR) is 134 cm³/mol. The van der Waals surface area contributed by atoms with Crippen LogP contribution < -0.4 is 21.3 Å². The SMILES string of the molecule is O=C(CNC(=O)c1cnc2ccccc2n1)NCCCNC(=O)CNC(=O)c1cnc2ccccc2n1. The van der Waals surface area contributed by atoms with Crippen molar-refractivity contribution in [2.75, 3.05) is 26.2 Å². The molecule has 2 aromatic heterocycles. The maximum Gasteiger partial charge on any atom is 0.271 e. The second kappa shape index (κ2) is 12.1. The summed E-state index contributed by atoms with van der Waals surface area (Å²) in [5.74, 6) is -1.76. The van der Waals surface area contributed by atoms with E-state index >= 15 is 0 Å². The van der Waals surface area contributed by atoms with Crippen LogP contribution in [0.25, 0.3) is 22.1 Å². The van der Waals surface area contributed by atoms with Crippen LogP contribution in [-0.2, 0) is 9.59 Å². The average Bonchev–Trinajstić information content (AvgIpc) is 2.93. The predicted octanol–water partition coefficient (Wildman–Crippen LogP) is 0.355. The van der Waals surface area contributed by atoms with Crippen LogP contribution in [0.15, 0.2) is 60.9 Å². The molecule has 0 atom stereocenters. The Balaban J connectivity index is 1.09. The second-order valence-electron chi connectivity index (χ2n) is 7.91. The zero-order chi connectivity index (χ0) is 26.0. The number of aromatic nitrogens is 4. The fourth-order valence-corrected chi connectivity index (χ4v) is 3.30. The highest BCUT2D eigenvalue weighted by molar-refractivity contribution is 5.96. The first-order valence-electron chi connectivity index (χ1n) is 11.5. The first-order valence-corrected chi connectivity index (χ1v) is 11.5. The smallest absolute Gasteiger partial charge is 0.271 e. The molecule has 4 rings (SSSR count). The highest BCUT2D eigenvalue weighted by Crippen LogP contribution is 2.09. The first-order chi connectivity index (χ1) is 18.0. The molecule has 0 unspecified atom stereocenters. The lowest BCUT2D eigenvalue weighted by atomic mass is 10.3. The van der Waals surface area contributed by atoms with Gasteiger partial charge in [-0.05, 0) is 30.7 Å². The summed E-state index contributed by atoms with van der Waals surface area (Å²) < 4.78 is 0. The van der Waals surface area contributed by atoms with Crippen LogP contribution in [-0.4, -0.2) is 69.7 Å². The van der Waals surface area contributed by atoms with Crippen molar-refractivity contribution in [3.63, 3.8) is 0 Å². The van der Waals surface area contributed by atoms with Gasteiger partial charge in [-0.15, -0.1) is 0 Å². The number of hydrogen-bond acceptors (Lipinski definition) is 8. The van der Waals surface area contributed by atoms with Crippen LogP contribution >= 0.6 is 0 Å². The topological polar surface area (TPSA) is 168 Å². The maximum absolute atomic E-state index is 12.2. The number of fused-ring (bicyclic) bond motifs is 2. The minimum Gasteiger partial charge on any atom is -0.355 e. The van der Waals surface area contributed by atoms with Crippen molar-refractivity contribution in [2.45, 2.75) is 6.42 Å². The Labute approximate surface area is 211 Å². The molecule has 4 N–H and O–H groups in total. The number of rotatable bonds is 10. The first kappa shape index (κ1) is 25.1. The molecule has 0 aliphatic rings. The Morgan fingerprint density at radius 1 is 0.568 bits per heavy atom. The van der Waals surface area contributed by atoms with E-state index in [1.54, 1.807) is 36.4 Å². The number of carbonyl (C=O) groups is 4. The van der Waals surface area contributed by atoms with Gasteiger partial charge < -0.3 is 21.3 Å². The number of benzene rings is 2.